The van der Waals surface area contributed by atoms with Gasteiger partial charge in [-0.2, -0.15) is 0 Å². The van der Waals surface area contributed by atoms with E-state index in [1.165, 1.54) is 6.26 Å². The third kappa shape index (κ3) is 2.33. The average Bonchev–Trinajstić information content (AvgIpc) is 2.27. The number of ether oxygens (including phenoxy) is 2. The Morgan fingerprint density at radius 2 is 2.33 bits per heavy atom. The number of hydrogen-bond donors (Lipinski definition) is 0. The molecule has 0 aromatic carbocycles. The molecule has 0 aromatic rings. The molecule has 2 unspecified atom stereocenters. The molecule has 84 valence electrons. The van der Waals surface area contributed by atoms with Crippen molar-refractivity contribution < 1.29 is 14.3 Å². The van der Waals surface area contributed by atoms with Crippen molar-refractivity contribution in [1.82, 2.24) is 0 Å². The van der Waals surface area contributed by atoms with Crippen LogP contribution in [0.4, 0.5) is 0 Å². The molecule has 2 bridgehead atoms. The fourth-order valence-electron chi connectivity index (χ4n) is 2.55. The van der Waals surface area contributed by atoms with E-state index in [1.807, 2.05) is 0 Å². The summed E-state index contributed by atoms with van der Waals surface area (Å²) in [7, 11) is 0. The minimum atomic E-state index is -0.170. The molecule has 2 fully saturated rings. The van der Waals surface area contributed by atoms with Crippen LogP contribution in [0.1, 0.15) is 32.1 Å². The van der Waals surface area contributed by atoms with Crippen molar-refractivity contribution in [2.45, 2.75) is 37.7 Å². The van der Waals surface area contributed by atoms with Crippen molar-refractivity contribution in [3.05, 3.63) is 20.3 Å². The van der Waals surface area contributed by atoms with Crippen LogP contribution in [0, 0.1) is 13.3 Å². The molecule has 1 aliphatic carbocycles. The van der Waals surface area contributed by atoms with Gasteiger partial charge in [0.2, 0.25) is 0 Å². The SMILES string of the molecule is C=COC12CCCC(C1)C(=O)OCC2.[CH2]. The molecule has 1 heterocycles. The van der Waals surface area contributed by atoms with Crippen molar-refractivity contribution in [3.63, 3.8) is 0 Å². The minimum absolute atomic E-state index is 0. The maximum atomic E-state index is 11.5. The molecule has 1 aliphatic heterocycles. The Balaban J connectivity index is 0.00000112. The van der Waals surface area contributed by atoms with Crippen LogP contribution in [0.3, 0.4) is 0 Å². The highest BCUT2D eigenvalue weighted by Crippen LogP contribution is 2.40. The predicted octanol–water partition coefficient (Wildman–Crippen LogP) is 2.35. The first-order valence-corrected chi connectivity index (χ1v) is 5.21. The van der Waals surface area contributed by atoms with Gasteiger partial charge in [0.05, 0.1) is 18.8 Å². The van der Waals surface area contributed by atoms with E-state index in [-0.39, 0.29) is 24.9 Å². The van der Waals surface area contributed by atoms with Crippen LogP contribution in [0.5, 0.6) is 0 Å². The molecule has 2 atom stereocenters. The van der Waals surface area contributed by atoms with Gasteiger partial charge in [-0.05, 0) is 19.3 Å². The van der Waals surface area contributed by atoms with E-state index in [2.05, 4.69) is 6.58 Å². The quantitative estimate of drug-likeness (QED) is 0.518. The lowest BCUT2D eigenvalue weighted by atomic mass is 9.77. The molecule has 0 amide bonds. The molecule has 2 rings (SSSR count). The summed E-state index contributed by atoms with van der Waals surface area (Å²) >= 11 is 0. The van der Waals surface area contributed by atoms with Gasteiger partial charge in [-0.15, -0.1) is 0 Å². The molecule has 3 heteroatoms. The zero-order chi connectivity index (χ0) is 10.0. The van der Waals surface area contributed by atoms with Crippen molar-refractivity contribution in [1.29, 1.82) is 0 Å². The van der Waals surface area contributed by atoms with Gasteiger partial charge in [-0.1, -0.05) is 14.0 Å². The normalized spacial score (nSPS) is 34.4. The van der Waals surface area contributed by atoms with Gasteiger partial charge in [0.1, 0.15) is 5.60 Å². The Kier molecular flexibility index (Phi) is 3.77. The van der Waals surface area contributed by atoms with Gasteiger partial charge >= 0.3 is 5.97 Å². The third-order valence-corrected chi connectivity index (χ3v) is 3.27. The molecular weight excluding hydrogens is 192 g/mol. The fourth-order valence-corrected chi connectivity index (χ4v) is 2.55. The Hall–Kier alpha value is -0.990. The van der Waals surface area contributed by atoms with Gasteiger partial charge in [0, 0.05) is 12.8 Å². The molecule has 15 heavy (non-hydrogen) atoms. The molecule has 1 saturated heterocycles. The van der Waals surface area contributed by atoms with E-state index >= 15 is 0 Å². The maximum absolute atomic E-state index is 11.5. The third-order valence-electron chi connectivity index (χ3n) is 3.27. The number of fused-ring (bicyclic) bond motifs is 2. The summed E-state index contributed by atoms with van der Waals surface area (Å²) in [5.41, 5.74) is -0.170. The topological polar surface area (TPSA) is 35.5 Å². The number of rotatable bonds is 2. The first-order chi connectivity index (χ1) is 6.76. The number of carbonyl (C=O) groups excluding carboxylic acids is 1. The van der Waals surface area contributed by atoms with Gasteiger partial charge < -0.3 is 9.47 Å². The van der Waals surface area contributed by atoms with Crippen LogP contribution in [-0.2, 0) is 14.3 Å². The highest BCUT2D eigenvalue weighted by molar-refractivity contribution is 5.73. The van der Waals surface area contributed by atoms with E-state index in [0.29, 0.717) is 6.61 Å². The lowest BCUT2D eigenvalue weighted by Crippen LogP contribution is -2.37. The maximum Gasteiger partial charge on any atom is 0.309 e. The summed E-state index contributed by atoms with van der Waals surface area (Å²) < 4.78 is 10.7. The fraction of sp³-hybridized carbons (Fsp3) is 0.667. The summed E-state index contributed by atoms with van der Waals surface area (Å²) in [6, 6.07) is 0. The Morgan fingerprint density at radius 1 is 1.53 bits per heavy atom. The summed E-state index contributed by atoms with van der Waals surface area (Å²) in [6.07, 6.45) is 6.12. The highest BCUT2D eigenvalue weighted by atomic mass is 16.5. The standard InChI is InChI=1S/C11H16O3.CH2/c1-2-14-11-5-3-4-9(8-11)10(12)13-7-6-11;/h2,9H,1,3-8H2;1H2. The van der Waals surface area contributed by atoms with Crippen LogP contribution in [0.15, 0.2) is 12.8 Å². The van der Waals surface area contributed by atoms with Gasteiger partial charge in [0.15, 0.2) is 0 Å². The Bertz CT molecular complexity index is 249. The van der Waals surface area contributed by atoms with Crippen LogP contribution in [0.2, 0.25) is 0 Å². The van der Waals surface area contributed by atoms with E-state index in [1.54, 1.807) is 0 Å². The summed E-state index contributed by atoms with van der Waals surface area (Å²) in [5.74, 6) is 0.00503. The smallest absolute Gasteiger partial charge is 0.309 e. The second-order valence-corrected chi connectivity index (χ2v) is 4.18. The summed E-state index contributed by atoms with van der Waals surface area (Å²) in [5, 5.41) is 0. The monoisotopic (exact) mass is 210 g/mol. The van der Waals surface area contributed by atoms with Crippen molar-refractivity contribution in [3.8, 4) is 0 Å². The van der Waals surface area contributed by atoms with E-state index in [0.717, 1.165) is 32.1 Å². The second kappa shape index (κ2) is 4.69. The Morgan fingerprint density at radius 3 is 3.07 bits per heavy atom. The van der Waals surface area contributed by atoms with Crippen LogP contribution in [-0.4, -0.2) is 18.2 Å². The van der Waals surface area contributed by atoms with E-state index < -0.39 is 0 Å². The zero-order valence-electron chi connectivity index (χ0n) is 9.04. The predicted molar refractivity (Wildman–Crippen MR) is 56.9 cm³/mol. The molecule has 0 N–H and O–H groups in total. The minimum Gasteiger partial charge on any atom is -0.495 e. The van der Waals surface area contributed by atoms with E-state index in [4.69, 9.17) is 9.47 Å². The summed E-state index contributed by atoms with van der Waals surface area (Å²) in [6.45, 7) is 4.09. The van der Waals surface area contributed by atoms with E-state index in [9.17, 15) is 4.79 Å². The molecule has 2 aliphatic rings. The first kappa shape index (κ1) is 12.1. The molecule has 2 radical (unpaired) electrons. The Labute approximate surface area is 91.4 Å². The van der Waals surface area contributed by atoms with Gasteiger partial charge in [-0.3, -0.25) is 4.79 Å². The van der Waals surface area contributed by atoms with Crippen molar-refractivity contribution >= 4 is 5.97 Å². The molecule has 1 saturated carbocycles. The van der Waals surface area contributed by atoms with Gasteiger partial charge in [-0.25, -0.2) is 0 Å². The lowest BCUT2D eigenvalue weighted by Gasteiger charge is -2.36. The lowest BCUT2D eigenvalue weighted by molar-refractivity contribution is -0.148. The zero-order valence-corrected chi connectivity index (χ0v) is 9.04. The molecule has 0 spiro atoms. The number of hydrogen-bond acceptors (Lipinski definition) is 3. The largest absolute Gasteiger partial charge is 0.495 e. The summed E-state index contributed by atoms with van der Waals surface area (Å²) in [4.78, 5) is 11.5. The van der Waals surface area contributed by atoms with Gasteiger partial charge in [0.25, 0.3) is 0 Å². The molecular formula is C12H18O3. The molecule has 0 aromatic heterocycles. The number of carbonyl (C=O) groups is 1. The van der Waals surface area contributed by atoms with Crippen LogP contribution < -0.4 is 0 Å². The molecule has 3 nitrogen and oxygen atoms in total. The number of cyclic esters (lactones) is 1. The van der Waals surface area contributed by atoms with Crippen molar-refractivity contribution in [2.75, 3.05) is 6.61 Å². The van der Waals surface area contributed by atoms with Crippen LogP contribution >= 0.6 is 0 Å². The first-order valence-electron chi connectivity index (χ1n) is 5.21. The average molecular weight is 210 g/mol. The number of esters is 1. The van der Waals surface area contributed by atoms with Crippen molar-refractivity contribution in [2.24, 2.45) is 5.92 Å². The van der Waals surface area contributed by atoms with Crippen LogP contribution in [0.25, 0.3) is 0 Å². The second-order valence-electron chi connectivity index (χ2n) is 4.18. The highest BCUT2D eigenvalue weighted by Gasteiger charge is 2.43.